The van der Waals surface area contributed by atoms with Crippen LogP contribution < -0.4 is 0 Å². The summed E-state index contributed by atoms with van der Waals surface area (Å²) in [4.78, 5) is 10.4. The molecule has 0 aliphatic rings. The summed E-state index contributed by atoms with van der Waals surface area (Å²) in [6, 6.07) is 0. The van der Waals surface area contributed by atoms with E-state index < -0.39 is 5.97 Å². The lowest BCUT2D eigenvalue weighted by Crippen LogP contribution is -2.16. The molecule has 27 heavy (non-hydrogen) atoms. The number of carboxylic acid groups (broad SMARTS) is 1. The third-order valence-electron chi connectivity index (χ3n) is 4.97. The summed E-state index contributed by atoms with van der Waals surface area (Å²) >= 11 is 0. The van der Waals surface area contributed by atoms with E-state index in [9.17, 15) is 9.90 Å². The van der Waals surface area contributed by atoms with Gasteiger partial charge in [-0.3, -0.25) is 4.79 Å². The molecule has 0 rings (SSSR count). The van der Waals surface area contributed by atoms with Crippen molar-refractivity contribution in [3.8, 4) is 0 Å². The van der Waals surface area contributed by atoms with E-state index in [0.717, 1.165) is 25.7 Å². The van der Waals surface area contributed by atoms with Gasteiger partial charge >= 0.3 is 5.97 Å². The second-order valence-electron chi connectivity index (χ2n) is 7.69. The number of hydrogen-bond acceptors (Lipinski definition) is 4. The maximum Gasteiger partial charge on any atom is 0.303 e. The highest BCUT2D eigenvalue weighted by Crippen LogP contribution is 2.14. The Labute approximate surface area is 166 Å². The summed E-state index contributed by atoms with van der Waals surface area (Å²) in [6.45, 7) is 0.667. The van der Waals surface area contributed by atoms with Gasteiger partial charge in [-0.15, -0.1) is 0 Å². The Morgan fingerprint density at radius 3 is 1.52 bits per heavy atom. The molecule has 1 atom stereocenters. The van der Waals surface area contributed by atoms with Gasteiger partial charge in [-0.05, 0) is 12.8 Å². The number of hydrogen-bond donors (Lipinski definition) is 3. The topological polar surface area (TPSA) is 87.0 Å². The molecule has 0 heterocycles. The molecule has 1 unspecified atom stereocenters. The smallest absolute Gasteiger partial charge is 0.303 e. The van der Waals surface area contributed by atoms with E-state index in [1.807, 2.05) is 0 Å². The molecular weight excluding hydrogens is 344 g/mol. The van der Waals surface area contributed by atoms with Gasteiger partial charge in [-0.2, -0.15) is 0 Å². The number of aliphatic hydroxyl groups excluding tert-OH is 2. The Kier molecular flexibility index (Phi) is 21.1. The fourth-order valence-electron chi connectivity index (χ4n) is 3.32. The van der Waals surface area contributed by atoms with Gasteiger partial charge in [-0.1, -0.05) is 89.9 Å². The van der Waals surface area contributed by atoms with E-state index in [4.69, 9.17) is 14.9 Å². The Bertz CT molecular complexity index is 309. The van der Waals surface area contributed by atoms with E-state index in [2.05, 4.69) is 0 Å². The number of carboxylic acids is 1. The van der Waals surface area contributed by atoms with Crippen molar-refractivity contribution in [2.24, 2.45) is 0 Å². The molecule has 0 amide bonds. The third kappa shape index (κ3) is 23.3. The summed E-state index contributed by atoms with van der Waals surface area (Å²) in [7, 11) is 0. The molecule has 162 valence electrons. The molecule has 0 fully saturated rings. The number of carbonyl (C=O) groups is 1. The highest BCUT2D eigenvalue weighted by Gasteiger charge is 2.03. The molecule has 0 aliphatic carbocycles. The van der Waals surface area contributed by atoms with Crippen molar-refractivity contribution in [3.05, 3.63) is 0 Å². The molecule has 0 aromatic heterocycles. The zero-order chi connectivity index (χ0) is 20.0. The van der Waals surface area contributed by atoms with Crippen molar-refractivity contribution in [3.63, 3.8) is 0 Å². The van der Waals surface area contributed by atoms with Crippen molar-refractivity contribution in [1.29, 1.82) is 0 Å². The first-order valence-electron chi connectivity index (χ1n) is 11.2. The molecule has 5 heteroatoms. The predicted molar refractivity (Wildman–Crippen MR) is 110 cm³/mol. The lowest BCUT2D eigenvalue weighted by molar-refractivity contribution is -0.137. The molecule has 0 radical (unpaired) electrons. The number of ether oxygens (including phenoxy) is 1. The van der Waals surface area contributed by atoms with E-state index in [1.54, 1.807) is 0 Å². The summed E-state index contributed by atoms with van der Waals surface area (Å²) in [5, 5.41) is 26.8. The molecule has 0 saturated carbocycles. The largest absolute Gasteiger partial charge is 0.481 e. The van der Waals surface area contributed by atoms with Gasteiger partial charge in [0.05, 0.1) is 25.9 Å². The average molecular weight is 389 g/mol. The highest BCUT2D eigenvalue weighted by molar-refractivity contribution is 5.66. The first-order valence-corrected chi connectivity index (χ1v) is 11.2. The van der Waals surface area contributed by atoms with Crippen molar-refractivity contribution >= 4 is 5.97 Å². The van der Waals surface area contributed by atoms with Gasteiger partial charge in [0.25, 0.3) is 0 Å². The van der Waals surface area contributed by atoms with Crippen LogP contribution in [0.4, 0.5) is 0 Å². The lowest BCUT2D eigenvalue weighted by Gasteiger charge is -2.10. The second kappa shape index (κ2) is 21.6. The first-order chi connectivity index (χ1) is 13.2. The van der Waals surface area contributed by atoms with Gasteiger partial charge in [0.2, 0.25) is 0 Å². The number of aliphatic hydroxyl groups is 2. The van der Waals surface area contributed by atoms with Gasteiger partial charge in [0.15, 0.2) is 0 Å². The van der Waals surface area contributed by atoms with Gasteiger partial charge in [0.1, 0.15) is 0 Å². The molecule has 0 aromatic carbocycles. The van der Waals surface area contributed by atoms with Gasteiger partial charge < -0.3 is 20.1 Å². The summed E-state index contributed by atoms with van der Waals surface area (Å²) in [5.74, 6) is -0.672. The van der Waals surface area contributed by atoms with Crippen LogP contribution >= 0.6 is 0 Å². The Morgan fingerprint density at radius 2 is 1.11 bits per heavy atom. The zero-order valence-corrected chi connectivity index (χ0v) is 17.4. The van der Waals surface area contributed by atoms with Crippen LogP contribution in [0.15, 0.2) is 0 Å². The molecule has 3 N–H and O–H groups in total. The monoisotopic (exact) mass is 388 g/mol. The fourth-order valence-corrected chi connectivity index (χ4v) is 3.32. The summed E-state index contributed by atoms with van der Waals surface area (Å²) in [5.41, 5.74) is 0. The molecule has 0 bridgehead atoms. The minimum absolute atomic E-state index is 0.0168. The predicted octanol–water partition coefficient (Wildman–Crippen LogP) is 5.07. The van der Waals surface area contributed by atoms with E-state index in [1.165, 1.54) is 77.0 Å². The van der Waals surface area contributed by atoms with E-state index >= 15 is 0 Å². The van der Waals surface area contributed by atoms with Crippen molar-refractivity contribution in [2.45, 2.75) is 115 Å². The minimum atomic E-state index is -0.672. The normalized spacial score (nSPS) is 12.4. The van der Waals surface area contributed by atoms with Gasteiger partial charge in [-0.25, -0.2) is 0 Å². The van der Waals surface area contributed by atoms with Crippen LogP contribution in [0.2, 0.25) is 0 Å². The maximum absolute atomic E-state index is 10.4. The molecule has 0 aromatic rings. The SMILES string of the molecule is O=C(O)CCCCCCCCCCCCCCCCCC(O)COCCO. The minimum Gasteiger partial charge on any atom is -0.481 e. The second-order valence-corrected chi connectivity index (χ2v) is 7.69. The van der Waals surface area contributed by atoms with Crippen LogP contribution in [0.5, 0.6) is 0 Å². The highest BCUT2D eigenvalue weighted by atomic mass is 16.5. The van der Waals surface area contributed by atoms with Crippen LogP contribution in [0, 0.1) is 0 Å². The summed E-state index contributed by atoms with van der Waals surface area (Å²) < 4.78 is 5.11. The number of rotatable bonds is 22. The number of unbranched alkanes of at least 4 members (excludes halogenated alkanes) is 14. The molecular formula is C22H44O5. The van der Waals surface area contributed by atoms with Crippen molar-refractivity contribution in [1.82, 2.24) is 0 Å². The number of aliphatic carboxylic acids is 1. The van der Waals surface area contributed by atoms with Crippen molar-refractivity contribution in [2.75, 3.05) is 19.8 Å². The zero-order valence-electron chi connectivity index (χ0n) is 17.4. The Morgan fingerprint density at radius 1 is 0.704 bits per heavy atom. The van der Waals surface area contributed by atoms with Crippen molar-refractivity contribution < 1.29 is 24.9 Å². The van der Waals surface area contributed by atoms with E-state index in [-0.39, 0.29) is 12.7 Å². The Hall–Kier alpha value is -0.650. The molecule has 0 aliphatic heterocycles. The summed E-state index contributed by atoms with van der Waals surface area (Å²) in [6.07, 6.45) is 19.2. The Balaban J connectivity index is 3.07. The van der Waals surface area contributed by atoms with E-state index in [0.29, 0.717) is 19.6 Å². The van der Waals surface area contributed by atoms with Crippen LogP contribution in [0.1, 0.15) is 109 Å². The fraction of sp³-hybridized carbons (Fsp3) is 0.955. The third-order valence-corrected chi connectivity index (χ3v) is 4.97. The molecule has 5 nitrogen and oxygen atoms in total. The van der Waals surface area contributed by atoms with Crippen LogP contribution in [0.25, 0.3) is 0 Å². The van der Waals surface area contributed by atoms with Gasteiger partial charge in [0, 0.05) is 6.42 Å². The van der Waals surface area contributed by atoms with Crippen LogP contribution in [0.3, 0.4) is 0 Å². The van der Waals surface area contributed by atoms with Crippen LogP contribution in [-0.2, 0) is 9.53 Å². The standard InChI is InChI=1S/C22H44O5/c23-18-19-27-20-21(24)16-14-12-10-8-6-4-2-1-3-5-7-9-11-13-15-17-22(25)26/h21,23-24H,1-20H2,(H,25,26). The quantitative estimate of drug-likeness (QED) is 0.225. The first kappa shape index (κ1) is 26.4. The lowest BCUT2D eigenvalue weighted by atomic mass is 10.0. The van der Waals surface area contributed by atoms with Crippen LogP contribution in [-0.4, -0.2) is 47.2 Å². The molecule has 0 saturated heterocycles. The molecule has 0 spiro atoms. The average Bonchev–Trinajstić information content (AvgIpc) is 2.64. The maximum atomic E-state index is 10.4.